The Kier molecular flexibility index (Phi) is 4.82. The standard InChI is InChI=1S/C12H15FN2O2S/c1-3-12(8-14)18(16,17)15-9(2)10-5-4-6-11(13)7-10/h4-7,9,12,15H,3H2,1-2H3. The van der Waals surface area contributed by atoms with Crippen molar-refractivity contribution < 1.29 is 12.8 Å². The number of sulfonamides is 1. The van der Waals surface area contributed by atoms with Crippen LogP contribution in [0, 0.1) is 17.1 Å². The van der Waals surface area contributed by atoms with Gasteiger partial charge in [0, 0.05) is 6.04 Å². The molecule has 1 aromatic carbocycles. The molecule has 18 heavy (non-hydrogen) atoms. The summed E-state index contributed by atoms with van der Waals surface area (Å²) in [5, 5.41) is 7.67. The van der Waals surface area contributed by atoms with E-state index in [2.05, 4.69) is 4.72 Å². The third-order valence-corrected chi connectivity index (χ3v) is 4.45. The maximum atomic E-state index is 13.0. The van der Waals surface area contributed by atoms with Gasteiger partial charge in [-0.2, -0.15) is 5.26 Å². The van der Waals surface area contributed by atoms with Crippen LogP contribution in [0.15, 0.2) is 24.3 Å². The number of nitriles is 1. The Balaban J connectivity index is 2.89. The molecule has 0 radical (unpaired) electrons. The summed E-state index contributed by atoms with van der Waals surface area (Å²) in [7, 11) is -3.72. The zero-order valence-electron chi connectivity index (χ0n) is 10.2. The van der Waals surface area contributed by atoms with Gasteiger partial charge in [-0.15, -0.1) is 0 Å². The highest BCUT2D eigenvalue weighted by Gasteiger charge is 2.25. The fraction of sp³-hybridized carbons (Fsp3) is 0.417. The zero-order chi connectivity index (χ0) is 13.8. The minimum atomic E-state index is -3.72. The molecule has 0 amide bonds. The Morgan fingerprint density at radius 2 is 2.17 bits per heavy atom. The Morgan fingerprint density at radius 3 is 2.67 bits per heavy atom. The molecule has 1 aromatic rings. The average molecular weight is 270 g/mol. The van der Waals surface area contributed by atoms with E-state index in [0.717, 1.165) is 0 Å². The van der Waals surface area contributed by atoms with Gasteiger partial charge >= 0.3 is 0 Å². The van der Waals surface area contributed by atoms with Gasteiger partial charge in [0.15, 0.2) is 5.25 Å². The lowest BCUT2D eigenvalue weighted by atomic mass is 10.1. The van der Waals surface area contributed by atoms with E-state index in [-0.39, 0.29) is 6.42 Å². The van der Waals surface area contributed by atoms with Crippen LogP contribution in [0.25, 0.3) is 0 Å². The summed E-state index contributed by atoms with van der Waals surface area (Å²) in [4.78, 5) is 0. The number of rotatable bonds is 5. The molecule has 0 fully saturated rings. The highest BCUT2D eigenvalue weighted by Crippen LogP contribution is 2.16. The smallest absolute Gasteiger partial charge is 0.211 e. The lowest BCUT2D eigenvalue weighted by Crippen LogP contribution is -2.34. The Labute approximate surface area is 106 Å². The second kappa shape index (κ2) is 5.94. The van der Waals surface area contributed by atoms with Gasteiger partial charge < -0.3 is 0 Å². The molecule has 0 spiro atoms. The first-order valence-corrected chi connectivity index (χ1v) is 7.11. The van der Waals surface area contributed by atoms with Crippen molar-refractivity contribution in [1.29, 1.82) is 5.26 Å². The molecule has 0 aliphatic rings. The fourth-order valence-corrected chi connectivity index (χ4v) is 2.92. The number of nitrogens with zero attached hydrogens (tertiary/aromatic N) is 1. The molecular weight excluding hydrogens is 255 g/mol. The van der Waals surface area contributed by atoms with E-state index in [1.165, 1.54) is 18.2 Å². The Bertz CT molecular complexity index is 551. The van der Waals surface area contributed by atoms with E-state index < -0.39 is 27.1 Å². The van der Waals surface area contributed by atoms with Crippen molar-refractivity contribution >= 4 is 10.0 Å². The number of hydrogen-bond donors (Lipinski definition) is 1. The third-order valence-electron chi connectivity index (χ3n) is 2.58. The quantitative estimate of drug-likeness (QED) is 0.890. The molecule has 2 atom stereocenters. The molecule has 0 heterocycles. The molecule has 0 aliphatic carbocycles. The van der Waals surface area contributed by atoms with Gasteiger partial charge in [0.25, 0.3) is 0 Å². The summed E-state index contributed by atoms with van der Waals surface area (Å²) in [6.45, 7) is 3.23. The number of benzene rings is 1. The summed E-state index contributed by atoms with van der Waals surface area (Å²) in [5.41, 5.74) is 0.520. The topological polar surface area (TPSA) is 70.0 Å². The average Bonchev–Trinajstić information content (AvgIpc) is 2.29. The SMILES string of the molecule is CCC(C#N)S(=O)(=O)NC(C)c1cccc(F)c1. The van der Waals surface area contributed by atoms with Gasteiger partial charge in [-0.25, -0.2) is 17.5 Å². The van der Waals surface area contributed by atoms with E-state index >= 15 is 0 Å². The normalized spacial score (nSPS) is 14.8. The van der Waals surface area contributed by atoms with E-state index in [1.807, 2.05) is 0 Å². The second-order valence-corrected chi connectivity index (χ2v) is 5.86. The summed E-state index contributed by atoms with van der Waals surface area (Å²) in [5.74, 6) is -0.425. The molecule has 0 bridgehead atoms. The molecule has 1 rings (SSSR count). The van der Waals surface area contributed by atoms with Crippen molar-refractivity contribution in [2.75, 3.05) is 0 Å². The molecule has 4 nitrogen and oxygen atoms in total. The molecule has 2 unspecified atom stereocenters. The maximum Gasteiger partial charge on any atom is 0.228 e. The van der Waals surface area contributed by atoms with Crippen LogP contribution >= 0.6 is 0 Å². The lowest BCUT2D eigenvalue weighted by Gasteiger charge is -2.16. The predicted molar refractivity (Wildman–Crippen MR) is 66.6 cm³/mol. The molecule has 0 saturated heterocycles. The molecule has 6 heteroatoms. The van der Waals surface area contributed by atoms with Gasteiger partial charge in [0.05, 0.1) is 6.07 Å². The van der Waals surface area contributed by atoms with Crippen LogP contribution < -0.4 is 4.72 Å². The van der Waals surface area contributed by atoms with Gasteiger partial charge in [-0.1, -0.05) is 19.1 Å². The first kappa shape index (κ1) is 14.6. The largest absolute Gasteiger partial charge is 0.228 e. The van der Waals surface area contributed by atoms with E-state index in [0.29, 0.717) is 5.56 Å². The van der Waals surface area contributed by atoms with Gasteiger partial charge in [-0.3, -0.25) is 0 Å². The van der Waals surface area contributed by atoms with Crippen LogP contribution in [0.2, 0.25) is 0 Å². The molecule has 0 aliphatic heterocycles. The Morgan fingerprint density at radius 1 is 1.50 bits per heavy atom. The summed E-state index contributed by atoms with van der Waals surface area (Å²) in [6, 6.07) is 6.85. The van der Waals surface area contributed by atoms with Gasteiger partial charge in [0.2, 0.25) is 10.0 Å². The van der Waals surface area contributed by atoms with Crippen molar-refractivity contribution in [3.8, 4) is 6.07 Å². The second-order valence-electron chi connectivity index (χ2n) is 3.97. The van der Waals surface area contributed by atoms with Crippen LogP contribution in [0.4, 0.5) is 4.39 Å². The minimum absolute atomic E-state index is 0.210. The lowest BCUT2D eigenvalue weighted by molar-refractivity contribution is 0.556. The first-order chi connectivity index (χ1) is 8.40. The van der Waals surface area contributed by atoms with Crippen molar-refractivity contribution in [1.82, 2.24) is 4.72 Å². The summed E-state index contributed by atoms with van der Waals surface area (Å²) in [6.07, 6.45) is 0.210. The summed E-state index contributed by atoms with van der Waals surface area (Å²) < 4.78 is 39.1. The van der Waals surface area contributed by atoms with Gasteiger partial charge in [0.1, 0.15) is 5.82 Å². The maximum absolute atomic E-state index is 13.0. The Hall–Kier alpha value is -1.45. The monoisotopic (exact) mass is 270 g/mol. The number of nitrogens with one attached hydrogen (secondary N) is 1. The van der Waals surface area contributed by atoms with Crippen molar-refractivity contribution in [2.24, 2.45) is 0 Å². The minimum Gasteiger partial charge on any atom is -0.211 e. The van der Waals surface area contributed by atoms with Crippen LogP contribution in [-0.4, -0.2) is 13.7 Å². The first-order valence-electron chi connectivity index (χ1n) is 5.57. The molecule has 98 valence electrons. The van der Waals surface area contributed by atoms with Crippen molar-refractivity contribution in [3.63, 3.8) is 0 Å². The third kappa shape index (κ3) is 3.52. The summed E-state index contributed by atoms with van der Waals surface area (Å²) >= 11 is 0. The van der Waals surface area contributed by atoms with Crippen LogP contribution in [0.5, 0.6) is 0 Å². The van der Waals surface area contributed by atoms with Crippen molar-refractivity contribution in [3.05, 3.63) is 35.6 Å². The molecule has 0 saturated carbocycles. The van der Waals surface area contributed by atoms with E-state index in [1.54, 1.807) is 26.0 Å². The van der Waals surface area contributed by atoms with Crippen molar-refractivity contribution in [2.45, 2.75) is 31.6 Å². The predicted octanol–water partition coefficient (Wildman–Crippen LogP) is 2.11. The fourth-order valence-electron chi connectivity index (χ4n) is 1.55. The van der Waals surface area contributed by atoms with Crippen LogP contribution in [0.1, 0.15) is 31.9 Å². The molecule has 0 aromatic heterocycles. The van der Waals surface area contributed by atoms with E-state index in [9.17, 15) is 12.8 Å². The number of hydrogen-bond acceptors (Lipinski definition) is 3. The van der Waals surface area contributed by atoms with Crippen LogP contribution in [-0.2, 0) is 10.0 Å². The zero-order valence-corrected chi connectivity index (χ0v) is 11.0. The van der Waals surface area contributed by atoms with E-state index in [4.69, 9.17) is 5.26 Å². The highest BCUT2D eigenvalue weighted by molar-refractivity contribution is 7.90. The van der Waals surface area contributed by atoms with Crippen LogP contribution in [0.3, 0.4) is 0 Å². The molecular formula is C12H15FN2O2S. The number of halogens is 1. The van der Waals surface area contributed by atoms with Gasteiger partial charge in [-0.05, 0) is 31.0 Å². The highest BCUT2D eigenvalue weighted by atomic mass is 32.2. The molecule has 1 N–H and O–H groups in total.